The molecule has 0 N–H and O–H groups in total. The van der Waals surface area contributed by atoms with Crippen molar-refractivity contribution in [3.05, 3.63) is 59.2 Å². The van der Waals surface area contributed by atoms with Crippen LogP contribution in [0.25, 0.3) is 21.8 Å². The number of hydrogen-bond donors (Lipinski definition) is 0. The van der Waals surface area contributed by atoms with Crippen LogP contribution in [-0.2, 0) is 11.3 Å². The van der Waals surface area contributed by atoms with E-state index in [0.29, 0.717) is 21.8 Å². The molecule has 0 spiro atoms. The van der Waals surface area contributed by atoms with Crippen molar-refractivity contribution in [2.45, 2.75) is 45.7 Å². The van der Waals surface area contributed by atoms with Crippen LogP contribution in [0.2, 0.25) is 0 Å². The minimum Gasteiger partial charge on any atom is -0.463 e. The van der Waals surface area contributed by atoms with Gasteiger partial charge in [-0.3, -0.25) is 9.36 Å². The summed E-state index contributed by atoms with van der Waals surface area (Å²) < 4.78 is 7.00. The summed E-state index contributed by atoms with van der Waals surface area (Å²) in [6.45, 7) is 5.67. The lowest BCUT2D eigenvalue weighted by Gasteiger charge is -2.27. The molecule has 1 aliphatic heterocycles. The van der Waals surface area contributed by atoms with Crippen LogP contribution in [0.3, 0.4) is 0 Å². The van der Waals surface area contributed by atoms with Crippen LogP contribution in [-0.4, -0.2) is 39.6 Å². The molecule has 1 aliphatic rings. The van der Waals surface area contributed by atoms with E-state index in [-0.39, 0.29) is 18.5 Å². The molecule has 1 aromatic carbocycles. The summed E-state index contributed by atoms with van der Waals surface area (Å²) in [5.41, 5.74) is 1.31. The number of piperidine rings is 1. The molecule has 0 radical (unpaired) electrons. The summed E-state index contributed by atoms with van der Waals surface area (Å²) in [6.07, 6.45) is 5.00. The minimum absolute atomic E-state index is 0.0678. The highest BCUT2D eigenvalue weighted by Crippen LogP contribution is 2.34. The van der Waals surface area contributed by atoms with Gasteiger partial charge in [0.25, 0.3) is 0 Å². The van der Waals surface area contributed by atoms with Crippen molar-refractivity contribution in [1.82, 2.24) is 14.5 Å². The predicted molar refractivity (Wildman–Crippen MR) is 135 cm³/mol. The SMILES string of the molecule is CC(C)N(C(=O)Cn1c(=O)nc(-c2ccco2)c2nc(N3CCCCC3)sc21)c1ccccc1. The average Bonchev–Trinajstić information content (AvgIpc) is 3.53. The average molecular weight is 478 g/mol. The molecule has 3 aromatic heterocycles. The lowest BCUT2D eigenvalue weighted by atomic mass is 10.1. The maximum Gasteiger partial charge on any atom is 0.349 e. The lowest BCUT2D eigenvalue weighted by molar-refractivity contribution is -0.119. The molecule has 9 heteroatoms. The second-order valence-electron chi connectivity index (χ2n) is 8.70. The van der Waals surface area contributed by atoms with Crippen molar-refractivity contribution in [2.24, 2.45) is 0 Å². The number of carbonyl (C=O) groups excluding carboxylic acids is 1. The Bertz CT molecular complexity index is 1340. The third-order valence-electron chi connectivity index (χ3n) is 6.00. The largest absolute Gasteiger partial charge is 0.463 e. The molecule has 0 unspecified atom stereocenters. The second-order valence-corrected chi connectivity index (χ2v) is 9.65. The van der Waals surface area contributed by atoms with E-state index in [0.717, 1.165) is 36.8 Å². The normalized spacial score (nSPS) is 14.1. The first-order chi connectivity index (χ1) is 16.5. The van der Waals surface area contributed by atoms with Gasteiger partial charge in [-0.05, 0) is 57.4 Å². The molecular weight excluding hydrogens is 450 g/mol. The van der Waals surface area contributed by atoms with E-state index in [9.17, 15) is 9.59 Å². The highest BCUT2D eigenvalue weighted by atomic mass is 32.1. The summed E-state index contributed by atoms with van der Waals surface area (Å²) in [5.74, 6) is 0.314. The Morgan fingerprint density at radius 1 is 1.09 bits per heavy atom. The molecule has 0 atom stereocenters. The van der Waals surface area contributed by atoms with Crippen LogP contribution in [0.5, 0.6) is 0 Å². The molecule has 0 bridgehead atoms. The number of rotatable bonds is 6. The maximum absolute atomic E-state index is 13.5. The van der Waals surface area contributed by atoms with Crippen molar-refractivity contribution in [3.63, 3.8) is 0 Å². The second kappa shape index (κ2) is 9.42. The number of carbonyl (C=O) groups is 1. The van der Waals surface area contributed by atoms with Crippen molar-refractivity contribution < 1.29 is 9.21 Å². The highest BCUT2D eigenvalue weighted by molar-refractivity contribution is 7.22. The molecule has 0 aliphatic carbocycles. The Morgan fingerprint density at radius 2 is 1.85 bits per heavy atom. The minimum atomic E-state index is -0.488. The highest BCUT2D eigenvalue weighted by Gasteiger charge is 2.25. The van der Waals surface area contributed by atoms with Gasteiger partial charge in [0.15, 0.2) is 10.9 Å². The first-order valence-corrected chi connectivity index (χ1v) is 12.4. The number of benzene rings is 1. The van der Waals surface area contributed by atoms with Crippen LogP contribution >= 0.6 is 11.3 Å². The fraction of sp³-hybridized carbons (Fsp3) is 0.360. The van der Waals surface area contributed by atoms with E-state index < -0.39 is 5.69 Å². The molecule has 0 saturated carbocycles. The molecule has 8 nitrogen and oxygen atoms in total. The molecule has 4 heterocycles. The van der Waals surface area contributed by atoms with Crippen molar-refractivity contribution in [1.29, 1.82) is 0 Å². The third-order valence-corrected chi connectivity index (χ3v) is 7.14. The van der Waals surface area contributed by atoms with Gasteiger partial charge in [-0.15, -0.1) is 0 Å². The zero-order chi connectivity index (χ0) is 23.7. The van der Waals surface area contributed by atoms with Gasteiger partial charge in [0.1, 0.15) is 22.6 Å². The molecule has 1 fully saturated rings. The van der Waals surface area contributed by atoms with Crippen molar-refractivity contribution >= 4 is 38.4 Å². The van der Waals surface area contributed by atoms with Crippen molar-refractivity contribution in [2.75, 3.05) is 22.9 Å². The van der Waals surface area contributed by atoms with E-state index in [4.69, 9.17) is 9.40 Å². The van der Waals surface area contributed by atoms with Crippen LogP contribution in [0, 0.1) is 0 Å². The van der Waals surface area contributed by atoms with Crippen molar-refractivity contribution in [3.8, 4) is 11.5 Å². The van der Waals surface area contributed by atoms with Gasteiger partial charge in [0.2, 0.25) is 5.91 Å². The van der Waals surface area contributed by atoms with E-state index in [1.807, 2.05) is 44.2 Å². The van der Waals surface area contributed by atoms with Crippen LogP contribution in [0.4, 0.5) is 10.8 Å². The zero-order valence-electron chi connectivity index (χ0n) is 19.3. The standard InChI is InChI=1S/C25H27N5O3S/c1-17(2)30(18-10-5-3-6-11-18)20(31)16-29-23-22(21(26-24(29)32)19-12-9-15-33-19)27-25(34-23)28-13-7-4-8-14-28/h3,5-6,9-12,15,17H,4,7-8,13-14,16H2,1-2H3. The fourth-order valence-corrected chi connectivity index (χ4v) is 5.52. The Morgan fingerprint density at radius 3 is 2.53 bits per heavy atom. The van der Waals surface area contributed by atoms with Gasteiger partial charge in [-0.25, -0.2) is 9.78 Å². The summed E-state index contributed by atoms with van der Waals surface area (Å²) in [4.78, 5) is 40.4. The maximum atomic E-state index is 13.5. The number of nitrogens with zero attached hydrogens (tertiary/aromatic N) is 5. The van der Waals surface area contributed by atoms with Gasteiger partial charge in [0, 0.05) is 24.8 Å². The Hall–Kier alpha value is -3.46. The fourth-order valence-electron chi connectivity index (χ4n) is 4.41. The van der Waals surface area contributed by atoms with Gasteiger partial charge < -0.3 is 14.2 Å². The third kappa shape index (κ3) is 4.23. The molecule has 1 amide bonds. The summed E-state index contributed by atoms with van der Waals surface area (Å²) in [5, 5.41) is 0.847. The molecular formula is C25H27N5O3S. The van der Waals surface area contributed by atoms with E-state index in [2.05, 4.69) is 9.88 Å². The number of aromatic nitrogens is 3. The van der Waals surface area contributed by atoms with Crippen LogP contribution < -0.4 is 15.5 Å². The van der Waals surface area contributed by atoms with Gasteiger partial charge in [-0.2, -0.15) is 4.98 Å². The number of thiazole rings is 1. The van der Waals surface area contributed by atoms with Gasteiger partial charge in [-0.1, -0.05) is 29.5 Å². The number of para-hydroxylation sites is 1. The topological polar surface area (TPSA) is 84.5 Å². The van der Waals surface area contributed by atoms with Crippen LogP contribution in [0.15, 0.2) is 57.9 Å². The predicted octanol–water partition coefficient (Wildman–Crippen LogP) is 4.54. The van der Waals surface area contributed by atoms with E-state index in [1.165, 1.54) is 22.3 Å². The first kappa shape index (κ1) is 22.3. The molecule has 4 aromatic rings. The lowest BCUT2D eigenvalue weighted by Crippen LogP contribution is -2.41. The number of amides is 1. The Labute approximate surface area is 201 Å². The van der Waals surface area contributed by atoms with E-state index >= 15 is 0 Å². The van der Waals surface area contributed by atoms with Gasteiger partial charge in [0.05, 0.1) is 6.26 Å². The quantitative estimate of drug-likeness (QED) is 0.405. The molecule has 34 heavy (non-hydrogen) atoms. The van der Waals surface area contributed by atoms with E-state index in [1.54, 1.807) is 23.3 Å². The number of anilines is 2. The first-order valence-electron chi connectivity index (χ1n) is 11.6. The van der Waals surface area contributed by atoms with Crippen LogP contribution in [0.1, 0.15) is 33.1 Å². The Balaban J connectivity index is 1.59. The molecule has 1 saturated heterocycles. The summed E-state index contributed by atoms with van der Waals surface area (Å²) in [6, 6.07) is 13.0. The zero-order valence-corrected chi connectivity index (χ0v) is 20.1. The molecule has 5 rings (SSSR count). The number of fused-ring (bicyclic) bond motifs is 1. The smallest absolute Gasteiger partial charge is 0.349 e. The van der Waals surface area contributed by atoms with Gasteiger partial charge >= 0.3 is 5.69 Å². The summed E-state index contributed by atoms with van der Waals surface area (Å²) >= 11 is 1.44. The molecule has 176 valence electrons. The monoisotopic (exact) mass is 477 g/mol. The Kier molecular flexibility index (Phi) is 6.19. The number of hydrogen-bond acceptors (Lipinski definition) is 7. The summed E-state index contributed by atoms with van der Waals surface area (Å²) in [7, 11) is 0. The number of furan rings is 1.